The molecule has 0 aliphatic carbocycles. The van der Waals surface area contributed by atoms with Gasteiger partial charge in [0.2, 0.25) is 5.89 Å². The Labute approximate surface area is 178 Å². The third-order valence-corrected chi connectivity index (χ3v) is 4.71. The highest BCUT2D eigenvalue weighted by Crippen LogP contribution is 2.28. The smallest absolute Gasteiger partial charge is 0.256 e. The van der Waals surface area contributed by atoms with Crippen molar-refractivity contribution in [1.82, 2.24) is 19.7 Å². The van der Waals surface area contributed by atoms with E-state index in [1.807, 2.05) is 48.5 Å². The van der Waals surface area contributed by atoms with E-state index in [1.165, 1.54) is 0 Å². The van der Waals surface area contributed by atoms with Crippen molar-refractivity contribution < 1.29 is 9.21 Å². The third kappa shape index (κ3) is 3.84. The van der Waals surface area contributed by atoms with Crippen LogP contribution in [0.2, 0.25) is 0 Å². The lowest BCUT2D eigenvalue weighted by molar-refractivity contribution is 0.102. The molecule has 0 unspecified atom stereocenters. The molecule has 31 heavy (non-hydrogen) atoms. The molecular formula is C24H17N5O2. The van der Waals surface area contributed by atoms with E-state index >= 15 is 0 Å². The monoisotopic (exact) mass is 407 g/mol. The molecule has 1 amide bonds. The van der Waals surface area contributed by atoms with Crippen molar-refractivity contribution in [3.8, 4) is 28.6 Å². The summed E-state index contributed by atoms with van der Waals surface area (Å²) in [6.45, 7) is 0. The summed E-state index contributed by atoms with van der Waals surface area (Å²) >= 11 is 0. The second-order valence-corrected chi connectivity index (χ2v) is 6.75. The number of hydrogen-bond donors (Lipinski definition) is 1. The number of nitrogens with zero attached hydrogens (tertiary/aromatic N) is 4. The van der Waals surface area contributed by atoms with Gasteiger partial charge in [-0.25, -0.2) is 14.6 Å². The molecule has 5 rings (SSSR count). The summed E-state index contributed by atoms with van der Waals surface area (Å²) in [5.74, 6) is 1.42. The molecular weight excluding hydrogens is 390 g/mol. The van der Waals surface area contributed by atoms with Crippen LogP contribution < -0.4 is 5.32 Å². The van der Waals surface area contributed by atoms with E-state index in [1.54, 1.807) is 53.7 Å². The van der Waals surface area contributed by atoms with Crippen LogP contribution in [0.25, 0.3) is 28.6 Å². The summed E-state index contributed by atoms with van der Waals surface area (Å²) in [6.07, 6.45) is 6.74. The van der Waals surface area contributed by atoms with Crippen molar-refractivity contribution in [3.05, 3.63) is 103 Å². The first kappa shape index (κ1) is 18.5. The lowest BCUT2D eigenvalue weighted by Crippen LogP contribution is -2.13. The number of carbonyl (C=O) groups excluding carboxylic acids is 1. The molecule has 0 aliphatic rings. The minimum absolute atomic E-state index is 0.274. The molecule has 3 heterocycles. The van der Waals surface area contributed by atoms with Crippen molar-refractivity contribution in [2.45, 2.75) is 0 Å². The molecule has 3 aromatic heterocycles. The lowest BCUT2D eigenvalue weighted by atomic mass is 10.1. The molecule has 7 heteroatoms. The Balaban J connectivity index is 1.39. The molecule has 0 fully saturated rings. The molecule has 0 atom stereocenters. The lowest BCUT2D eigenvalue weighted by Gasteiger charge is -2.09. The Morgan fingerprint density at radius 3 is 2.48 bits per heavy atom. The van der Waals surface area contributed by atoms with Gasteiger partial charge in [-0.15, -0.1) is 0 Å². The van der Waals surface area contributed by atoms with E-state index in [0.717, 1.165) is 5.56 Å². The number of anilines is 1. The van der Waals surface area contributed by atoms with Crippen LogP contribution in [0.5, 0.6) is 0 Å². The van der Waals surface area contributed by atoms with E-state index in [-0.39, 0.29) is 5.91 Å². The number of oxazole rings is 1. The minimum atomic E-state index is -0.274. The molecule has 0 radical (unpaired) electrons. The average molecular weight is 407 g/mol. The molecule has 5 aromatic rings. The van der Waals surface area contributed by atoms with Crippen LogP contribution in [-0.4, -0.2) is 25.7 Å². The van der Waals surface area contributed by atoms with Crippen molar-refractivity contribution >= 4 is 11.6 Å². The van der Waals surface area contributed by atoms with Gasteiger partial charge in [-0.3, -0.25) is 4.79 Å². The van der Waals surface area contributed by atoms with Crippen LogP contribution >= 0.6 is 0 Å². The molecule has 150 valence electrons. The van der Waals surface area contributed by atoms with Crippen LogP contribution in [0, 0.1) is 0 Å². The highest BCUT2D eigenvalue weighted by Gasteiger charge is 2.17. The van der Waals surface area contributed by atoms with E-state index in [9.17, 15) is 4.79 Å². The zero-order valence-electron chi connectivity index (χ0n) is 16.3. The number of rotatable bonds is 5. The van der Waals surface area contributed by atoms with Crippen LogP contribution in [-0.2, 0) is 0 Å². The predicted octanol–water partition coefficient (Wildman–Crippen LogP) is 4.84. The number of nitrogens with one attached hydrogen (secondary N) is 1. The van der Waals surface area contributed by atoms with Gasteiger partial charge in [-0.1, -0.05) is 42.5 Å². The number of carbonyl (C=O) groups is 1. The van der Waals surface area contributed by atoms with E-state index in [4.69, 9.17) is 4.42 Å². The predicted molar refractivity (Wildman–Crippen MR) is 117 cm³/mol. The Morgan fingerprint density at radius 1 is 0.871 bits per heavy atom. The summed E-state index contributed by atoms with van der Waals surface area (Å²) in [6, 6.07) is 22.3. The number of amides is 1. The summed E-state index contributed by atoms with van der Waals surface area (Å²) in [7, 11) is 0. The van der Waals surface area contributed by atoms with Gasteiger partial charge in [0.1, 0.15) is 0 Å². The number of benzene rings is 2. The van der Waals surface area contributed by atoms with Crippen molar-refractivity contribution in [1.29, 1.82) is 0 Å². The zero-order valence-corrected chi connectivity index (χ0v) is 16.3. The topological polar surface area (TPSA) is 85.8 Å². The van der Waals surface area contributed by atoms with Gasteiger partial charge in [0, 0.05) is 23.5 Å². The normalized spacial score (nSPS) is 10.7. The summed E-state index contributed by atoms with van der Waals surface area (Å²) < 4.78 is 7.59. The first-order valence-corrected chi connectivity index (χ1v) is 9.66. The van der Waals surface area contributed by atoms with Crippen molar-refractivity contribution in [3.63, 3.8) is 0 Å². The van der Waals surface area contributed by atoms with Gasteiger partial charge in [-0.05, 0) is 30.3 Å². The molecule has 0 saturated heterocycles. The molecule has 2 aromatic carbocycles. The molecule has 0 saturated carbocycles. The highest BCUT2D eigenvalue weighted by molar-refractivity contribution is 6.08. The number of pyridine rings is 1. The number of aromatic nitrogens is 4. The van der Waals surface area contributed by atoms with Gasteiger partial charge >= 0.3 is 0 Å². The summed E-state index contributed by atoms with van der Waals surface area (Å²) in [5.41, 5.74) is 2.57. The standard InChI is InChI=1S/C24H17N5O2/c30-23(28-18-11-12-22(25-15-18)29-14-6-13-27-29)19-9-4-5-10-20(19)24-26-16-21(31-24)17-7-2-1-3-8-17/h1-16H,(H,28,30). The van der Waals surface area contributed by atoms with Gasteiger partial charge in [0.05, 0.1) is 23.6 Å². The fourth-order valence-electron chi connectivity index (χ4n) is 3.20. The molecule has 0 spiro atoms. The van der Waals surface area contributed by atoms with Crippen LogP contribution in [0.1, 0.15) is 10.4 Å². The number of hydrogen-bond acceptors (Lipinski definition) is 5. The maximum absolute atomic E-state index is 13.0. The molecule has 7 nitrogen and oxygen atoms in total. The first-order chi connectivity index (χ1) is 15.3. The Bertz CT molecular complexity index is 1310. The van der Waals surface area contributed by atoms with Crippen LogP contribution in [0.15, 0.2) is 102 Å². The molecule has 0 bridgehead atoms. The van der Waals surface area contributed by atoms with Gasteiger partial charge in [0.25, 0.3) is 5.91 Å². The highest BCUT2D eigenvalue weighted by atomic mass is 16.4. The fraction of sp³-hybridized carbons (Fsp3) is 0. The SMILES string of the molecule is O=C(Nc1ccc(-n2cccn2)nc1)c1ccccc1-c1ncc(-c2ccccc2)o1. The molecule has 1 N–H and O–H groups in total. The van der Waals surface area contributed by atoms with Crippen LogP contribution in [0.4, 0.5) is 5.69 Å². The van der Waals surface area contributed by atoms with Gasteiger partial charge < -0.3 is 9.73 Å². The second kappa shape index (κ2) is 8.08. The maximum Gasteiger partial charge on any atom is 0.256 e. The quantitative estimate of drug-likeness (QED) is 0.450. The van der Waals surface area contributed by atoms with Gasteiger partial charge in [0.15, 0.2) is 11.6 Å². The average Bonchev–Trinajstić information content (AvgIpc) is 3.53. The maximum atomic E-state index is 13.0. The second-order valence-electron chi connectivity index (χ2n) is 6.75. The summed E-state index contributed by atoms with van der Waals surface area (Å²) in [4.78, 5) is 21.7. The first-order valence-electron chi connectivity index (χ1n) is 9.66. The summed E-state index contributed by atoms with van der Waals surface area (Å²) in [5, 5.41) is 7.02. The van der Waals surface area contributed by atoms with E-state index in [2.05, 4.69) is 20.4 Å². The molecule has 0 aliphatic heterocycles. The Kier molecular flexibility index (Phi) is 4.82. The van der Waals surface area contributed by atoms with Crippen molar-refractivity contribution in [2.24, 2.45) is 0 Å². The zero-order chi connectivity index (χ0) is 21.0. The van der Waals surface area contributed by atoms with E-state index < -0.39 is 0 Å². The third-order valence-electron chi connectivity index (χ3n) is 4.71. The fourth-order valence-corrected chi connectivity index (χ4v) is 3.20. The van der Waals surface area contributed by atoms with Crippen molar-refractivity contribution in [2.75, 3.05) is 5.32 Å². The minimum Gasteiger partial charge on any atom is -0.436 e. The van der Waals surface area contributed by atoms with E-state index in [0.29, 0.717) is 34.3 Å². The van der Waals surface area contributed by atoms with Gasteiger partial charge in [-0.2, -0.15) is 5.10 Å². The Hall–Kier alpha value is -4.52. The van der Waals surface area contributed by atoms with Crippen LogP contribution in [0.3, 0.4) is 0 Å². The largest absolute Gasteiger partial charge is 0.436 e. The Morgan fingerprint density at radius 2 is 1.71 bits per heavy atom.